The van der Waals surface area contributed by atoms with Crippen LogP contribution in [0.4, 0.5) is 0 Å². The van der Waals surface area contributed by atoms with Gasteiger partial charge in [-0.3, -0.25) is 9.59 Å². The molecule has 0 saturated carbocycles. The number of pyridine rings is 1. The molecule has 7 nitrogen and oxygen atoms in total. The predicted octanol–water partition coefficient (Wildman–Crippen LogP) is 0.503. The van der Waals surface area contributed by atoms with Crippen molar-refractivity contribution in [2.45, 2.75) is 43.6 Å². The van der Waals surface area contributed by atoms with Gasteiger partial charge in [0.2, 0.25) is 0 Å². The molecule has 2 bridgehead atoms. The molecule has 0 spiro atoms. The minimum Gasteiger partial charge on any atom is -0.508 e. The molecule has 4 rings (SSSR count). The zero-order chi connectivity index (χ0) is 19.9. The van der Waals surface area contributed by atoms with E-state index in [9.17, 15) is 19.8 Å². The Balaban J connectivity index is 1.82. The van der Waals surface area contributed by atoms with E-state index in [1.807, 2.05) is 12.1 Å². The molecule has 0 radical (unpaired) electrons. The fraction of sp³-hybridized carbons (Fsp3) is 0.429. The molecule has 1 fully saturated rings. The van der Waals surface area contributed by atoms with Crippen LogP contribution < -0.4 is 16.6 Å². The molecular formula is C21H25N3O4. The number of amides is 1. The fourth-order valence-corrected chi connectivity index (χ4v) is 4.94. The van der Waals surface area contributed by atoms with Crippen LogP contribution in [0.25, 0.3) is 0 Å². The number of fused-ring (bicyclic) bond motifs is 4. The van der Waals surface area contributed by atoms with Crippen molar-refractivity contribution in [1.29, 1.82) is 0 Å². The lowest BCUT2D eigenvalue weighted by Crippen LogP contribution is -2.52. The second kappa shape index (κ2) is 7.07. The number of aliphatic hydroxyl groups excluding tert-OH is 1. The molecule has 2 atom stereocenters. The Labute approximate surface area is 162 Å². The Bertz CT molecular complexity index is 984. The van der Waals surface area contributed by atoms with Crippen molar-refractivity contribution >= 4 is 5.91 Å². The molecule has 1 aromatic carbocycles. The molecule has 2 aromatic rings. The molecule has 1 aliphatic carbocycles. The van der Waals surface area contributed by atoms with Crippen molar-refractivity contribution < 1.29 is 15.0 Å². The number of aromatic hydroxyl groups is 1. The van der Waals surface area contributed by atoms with Crippen LogP contribution in [-0.2, 0) is 24.7 Å². The van der Waals surface area contributed by atoms with Gasteiger partial charge in [0.15, 0.2) is 0 Å². The number of H-pyrrole nitrogens is 1. The van der Waals surface area contributed by atoms with E-state index in [0.717, 1.165) is 42.6 Å². The van der Waals surface area contributed by atoms with Crippen LogP contribution in [0.5, 0.6) is 5.75 Å². The number of benzene rings is 1. The fourth-order valence-electron chi connectivity index (χ4n) is 4.94. The molecule has 2 aliphatic rings. The van der Waals surface area contributed by atoms with Crippen molar-refractivity contribution in [3.63, 3.8) is 0 Å². The van der Waals surface area contributed by atoms with Crippen LogP contribution in [0.1, 0.15) is 45.6 Å². The van der Waals surface area contributed by atoms with E-state index >= 15 is 0 Å². The van der Waals surface area contributed by atoms with Crippen molar-refractivity contribution in [3.8, 4) is 5.75 Å². The molecule has 1 aliphatic heterocycles. The van der Waals surface area contributed by atoms with E-state index in [2.05, 4.69) is 10.3 Å². The maximum atomic E-state index is 12.4. The van der Waals surface area contributed by atoms with Gasteiger partial charge in [-0.1, -0.05) is 6.07 Å². The predicted molar refractivity (Wildman–Crippen MR) is 105 cm³/mol. The molecule has 1 amide bonds. The number of hydrogen-bond acceptors (Lipinski definition) is 5. The summed E-state index contributed by atoms with van der Waals surface area (Å²) in [5.41, 5.74) is 8.29. The highest BCUT2D eigenvalue weighted by atomic mass is 16.3. The maximum absolute atomic E-state index is 12.4. The average molecular weight is 383 g/mol. The Morgan fingerprint density at radius 3 is 2.89 bits per heavy atom. The van der Waals surface area contributed by atoms with Crippen LogP contribution in [0, 0.1) is 0 Å². The van der Waals surface area contributed by atoms with Gasteiger partial charge in [0.1, 0.15) is 11.3 Å². The molecule has 0 unspecified atom stereocenters. The summed E-state index contributed by atoms with van der Waals surface area (Å²) in [6.45, 7) is 0.768. The van der Waals surface area contributed by atoms with E-state index in [1.54, 1.807) is 6.07 Å². The van der Waals surface area contributed by atoms with E-state index < -0.39 is 11.5 Å². The maximum Gasteiger partial charge on any atom is 0.261 e. The third-order valence-corrected chi connectivity index (χ3v) is 6.18. The highest BCUT2D eigenvalue weighted by Crippen LogP contribution is 2.45. The van der Waals surface area contributed by atoms with Gasteiger partial charge in [-0.25, -0.2) is 0 Å². The minimum atomic E-state index is -0.778. The lowest BCUT2D eigenvalue weighted by atomic mass is 9.62. The smallest absolute Gasteiger partial charge is 0.261 e. The van der Waals surface area contributed by atoms with Crippen molar-refractivity contribution in [2.24, 2.45) is 5.73 Å². The molecule has 6 N–H and O–H groups in total. The van der Waals surface area contributed by atoms with Crippen molar-refractivity contribution in [2.75, 3.05) is 13.2 Å². The van der Waals surface area contributed by atoms with Gasteiger partial charge in [-0.2, -0.15) is 0 Å². The first kappa shape index (κ1) is 18.7. The first-order valence-corrected chi connectivity index (χ1v) is 9.63. The van der Waals surface area contributed by atoms with Gasteiger partial charge in [0.05, 0.1) is 0 Å². The first-order chi connectivity index (χ1) is 13.4. The van der Waals surface area contributed by atoms with E-state index in [1.165, 1.54) is 11.6 Å². The Morgan fingerprint density at radius 1 is 1.32 bits per heavy atom. The quantitative estimate of drug-likeness (QED) is 0.514. The number of nitrogens with two attached hydrogens (primary N) is 1. The molecule has 28 heavy (non-hydrogen) atoms. The van der Waals surface area contributed by atoms with Crippen LogP contribution in [-0.4, -0.2) is 40.3 Å². The summed E-state index contributed by atoms with van der Waals surface area (Å²) in [6.07, 6.45) is 3.60. The van der Waals surface area contributed by atoms with Gasteiger partial charge in [-0.15, -0.1) is 0 Å². The second-order valence-corrected chi connectivity index (χ2v) is 7.96. The SMILES string of the molecule is NC(=O)c1cc(CCO)c(C[C@]23CCN[C@H](Cc4ccc(O)cc42)C3)[nH]c1=O. The molecular weight excluding hydrogens is 358 g/mol. The molecule has 1 aromatic heterocycles. The minimum absolute atomic E-state index is 0.0884. The number of aromatic nitrogens is 1. The zero-order valence-electron chi connectivity index (χ0n) is 15.6. The molecule has 2 heterocycles. The molecule has 148 valence electrons. The number of rotatable bonds is 5. The van der Waals surface area contributed by atoms with Gasteiger partial charge < -0.3 is 26.2 Å². The summed E-state index contributed by atoms with van der Waals surface area (Å²) in [5.74, 6) is -0.539. The third-order valence-electron chi connectivity index (χ3n) is 6.18. The van der Waals surface area contributed by atoms with Crippen LogP contribution >= 0.6 is 0 Å². The number of aliphatic hydroxyl groups is 1. The molecule has 1 saturated heterocycles. The zero-order valence-corrected chi connectivity index (χ0v) is 15.6. The summed E-state index contributed by atoms with van der Waals surface area (Å²) in [5, 5.41) is 23.1. The molecule has 7 heteroatoms. The van der Waals surface area contributed by atoms with Crippen LogP contribution in [0.2, 0.25) is 0 Å². The van der Waals surface area contributed by atoms with Gasteiger partial charge in [0, 0.05) is 23.8 Å². The average Bonchev–Trinajstić information content (AvgIpc) is 2.64. The van der Waals surface area contributed by atoms with Crippen molar-refractivity contribution in [3.05, 3.63) is 62.6 Å². The number of phenols is 1. The number of aromatic amines is 1. The van der Waals surface area contributed by atoms with E-state index in [0.29, 0.717) is 18.9 Å². The van der Waals surface area contributed by atoms with E-state index in [4.69, 9.17) is 5.73 Å². The summed E-state index contributed by atoms with van der Waals surface area (Å²) >= 11 is 0. The lowest BCUT2D eigenvalue weighted by molar-refractivity contribution is 0.0998. The standard InChI is InChI=1S/C21H25N3O4/c22-19(27)16-8-13(3-6-25)18(24-20(16)28)11-21-4-5-23-14(10-21)7-12-1-2-15(26)9-17(12)21/h1-2,8-9,14,23,25-26H,3-7,10-11H2,(H2,22,27)(H,24,28)/t14-,21-/m1/s1. The second-order valence-electron chi connectivity index (χ2n) is 7.96. The number of carbonyl (C=O) groups is 1. The largest absolute Gasteiger partial charge is 0.508 e. The summed E-state index contributed by atoms with van der Waals surface area (Å²) in [4.78, 5) is 26.8. The number of phenolic OH excluding ortho intramolecular Hbond substituents is 1. The topological polar surface area (TPSA) is 128 Å². The lowest BCUT2D eigenvalue weighted by Gasteiger charge is -2.47. The van der Waals surface area contributed by atoms with Gasteiger partial charge in [-0.05, 0) is 73.5 Å². The van der Waals surface area contributed by atoms with Gasteiger partial charge in [0.25, 0.3) is 11.5 Å². The van der Waals surface area contributed by atoms with E-state index in [-0.39, 0.29) is 23.3 Å². The first-order valence-electron chi connectivity index (χ1n) is 9.63. The van der Waals surface area contributed by atoms with Crippen LogP contribution in [0.3, 0.4) is 0 Å². The third kappa shape index (κ3) is 3.21. The van der Waals surface area contributed by atoms with Crippen molar-refractivity contribution in [1.82, 2.24) is 10.3 Å². The normalized spacial score (nSPS) is 23.2. The highest BCUT2D eigenvalue weighted by molar-refractivity contribution is 5.92. The number of piperidine rings is 1. The Kier molecular flexibility index (Phi) is 4.72. The highest BCUT2D eigenvalue weighted by Gasteiger charge is 2.43. The summed E-state index contributed by atoms with van der Waals surface area (Å²) in [7, 11) is 0. The number of primary amides is 1. The Hall–Kier alpha value is -2.64. The van der Waals surface area contributed by atoms with Gasteiger partial charge >= 0.3 is 0 Å². The summed E-state index contributed by atoms with van der Waals surface area (Å²) in [6, 6.07) is 7.40. The Morgan fingerprint density at radius 2 is 2.14 bits per heavy atom. The monoisotopic (exact) mass is 383 g/mol. The number of hydrogen-bond donors (Lipinski definition) is 5. The summed E-state index contributed by atoms with van der Waals surface area (Å²) < 4.78 is 0. The number of nitrogens with one attached hydrogen (secondary N) is 2. The number of carbonyl (C=O) groups excluding carboxylic acids is 1. The van der Waals surface area contributed by atoms with Crippen LogP contribution in [0.15, 0.2) is 29.1 Å².